The van der Waals surface area contributed by atoms with Crippen LogP contribution in [0.1, 0.15) is 30.5 Å². The summed E-state index contributed by atoms with van der Waals surface area (Å²) in [5.41, 5.74) is 0.576. The predicted octanol–water partition coefficient (Wildman–Crippen LogP) is 5.43. The van der Waals surface area contributed by atoms with Gasteiger partial charge in [0.2, 0.25) is 5.91 Å². The smallest absolute Gasteiger partial charge is 0.270 e. The summed E-state index contributed by atoms with van der Waals surface area (Å²) in [6.07, 6.45) is 0.341. The van der Waals surface area contributed by atoms with E-state index in [9.17, 15) is 26.4 Å². The Kier molecular flexibility index (Phi) is 7.43. The number of fused-ring (bicyclic) bond motifs is 1. The van der Waals surface area contributed by atoms with Crippen LogP contribution in [0, 0.1) is 5.82 Å². The van der Waals surface area contributed by atoms with Gasteiger partial charge in [-0.2, -0.15) is 0 Å². The number of rotatable bonds is 7. The van der Waals surface area contributed by atoms with Crippen molar-refractivity contribution in [1.82, 2.24) is 5.32 Å². The van der Waals surface area contributed by atoms with Gasteiger partial charge in [0.25, 0.3) is 15.9 Å². The van der Waals surface area contributed by atoms with E-state index in [-0.39, 0.29) is 46.0 Å². The third-order valence-corrected chi connectivity index (χ3v) is 8.09. The summed E-state index contributed by atoms with van der Waals surface area (Å²) >= 11 is 6.07. The molecule has 1 N–H and O–H groups in total. The lowest BCUT2D eigenvalue weighted by atomic mass is 9.99. The Hall–Kier alpha value is -3.24. The highest BCUT2D eigenvalue weighted by Gasteiger charge is 2.35. The van der Waals surface area contributed by atoms with Gasteiger partial charge in [0.05, 0.1) is 28.2 Å². The molecule has 196 valence electrons. The molecule has 1 heterocycles. The van der Waals surface area contributed by atoms with Gasteiger partial charge in [-0.1, -0.05) is 35.9 Å². The molecule has 0 aromatic heterocycles. The zero-order valence-corrected chi connectivity index (χ0v) is 21.5. The van der Waals surface area contributed by atoms with E-state index in [1.54, 1.807) is 12.1 Å². The molecule has 0 aliphatic carbocycles. The van der Waals surface area contributed by atoms with Crippen LogP contribution in [0.4, 0.5) is 18.9 Å². The van der Waals surface area contributed by atoms with Gasteiger partial charge in [-0.05, 0) is 42.3 Å². The van der Waals surface area contributed by atoms with E-state index < -0.39 is 33.4 Å². The number of alkyl halides is 2. The molecule has 3 aromatic carbocycles. The monoisotopic (exact) mass is 552 g/mol. The van der Waals surface area contributed by atoms with Crippen LogP contribution in [0.15, 0.2) is 65.6 Å². The summed E-state index contributed by atoms with van der Waals surface area (Å²) in [6, 6.07) is 13.1. The minimum Gasteiger partial charge on any atom is -0.489 e. The molecule has 1 aliphatic heterocycles. The maximum absolute atomic E-state index is 14.2. The number of amides is 1. The Bertz CT molecular complexity index is 1420. The summed E-state index contributed by atoms with van der Waals surface area (Å²) in [6.45, 7) is 1.70. The predicted molar refractivity (Wildman–Crippen MR) is 134 cm³/mol. The molecule has 0 spiro atoms. The summed E-state index contributed by atoms with van der Waals surface area (Å²) in [4.78, 5) is 11.4. The molecular formula is C26H24ClF3N2O4S. The normalized spacial score (nSPS) is 15.7. The van der Waals surface area contributed by atoms with Gasteiger partial charge >= 0.3 is 0 Å². The number of carbonyl (C=O) groups is 1. The average molecular weight is 553 g/mol. The number of hydrogen-bond donors (Lipinski definition) is 1. The van der Waals surface area contributed by atoms with Gasteiger partial charge in [0.1, 0.15) is 18.2 Å². The molecule has 1 unspecified atom stereocenters. The molecule has 0 fully saturated rings. The largest absolute Gasteiger partial charge is 0.489 e. The SMILES string of the molecule is CC(=O)NC1Cc2ccc(OCc3c(F)cccc3Cl)cc2N(S(=O)(=O)c2cccc(C(C)(F)F)c2)C1. The summed E-state index contributed by atoms with van der Waals surface area (Å²) in [7, 11) is -4.31. The summed E-state index contributed by atoms with van der Waals surface area (Å²) in [5, 5.41) is 2.92. The van der Waals surface area contributed by atoms with E-state index in [2.05, 4.69) is 5.32 Å². The average Bonchev–Trinajstić information content (AvgIpc) is 2.82. The molecule has 4 rings (SSSR count). The Morgan fingerprint density at radius 1 is 1.16 bits per heavy atom. The maximum Gasteiger partial charge on any atom is 0.270 e. The number of sulfonamides is 1. The second-order valence-electron chi connectivity index (χ2n) is 8.83. The molecule has 0 saturated heterocycles. The van der Waals surface area contributed by atoms with Crippen LogP contribution in [0.25, 0.3) is 0 Å². The van der Waals surface area contributed by atoms with Gasteiger partial charge in [0.15, 0.2) is 0 Å². The number of ether oxygens (including phenoxy) is 1. The number of hydrogen-bond acceptors (Lipinski definition) is 4. The number of nitrogens with one attached hydrogen (secondary N) is 1. The van der Waals surface area contributed by atoms with E-state index in [0.29, 0.717) is 18.9 Å². The molecule has 11 heteroatoms. The molecule has 6 nitrogen and oxygen atoms in total. The zero-order valence-electron chi connectivity index (χ0n) is 20.0. The Morgan fingerprint density at radius 3 is 2.57 bits per heavy atom. The molecule has 1 atom stereocenters. The molecule has 1 amide bonds. The Morgan fingerprint density at radius 2 is 1.89 bits per heavy atom. The first-order valence-electron chi connectivity index (χ1n) is 11.3. The van der Waals surface area contributed by atoms with Gasteiger partial charge in [-0.25, -0.2) is 21.6 Å². The fourth-order valence-corrected chi connectivity index (χ4v) is 5.96. The van der Waals surface area contributed by atoms with E-state index in [4.69, 9.17) is 16.3 Å². The van der Waals surface area contributed by atoms with Crippen molar-refractivity contribution in [2.45, 2.75) is 43.7 Å². The fraction of sp³-hybridized carbons (Fsp3) is 0.269. The van der Waals surface area contributed by atoms with Crippen molar-refractivity contribution in [1.29, 1.82) is 0 Å². The van der Waals surface area contributed by atoms with Gasteiger partial charge < -0.3 is 10.1 Å². The maximum atomic E-state index is 14.2. The molecule has 1 aliphatic rings. The van der Waals surface area contributed by atoms with Gasteiger partial charge in [-0.3, -0.25) is 9.10 Å². The van der Waals surface area contributed by atoms with Crippen LogP contribution in [0.3, 0.4) is 0 Å². The molecule has 37 heavy (non-hydrogen) atoms. The number of halogens is 4. The number of anilines is 1. The van der Waals surface area contributed by atoms with Crippen molar-refractivity contribution < 1.29 is 31.1 Å². The third-order valence-electron chi connectivity index (χ3n) is 5.96. The quantitative estimate of drug-likeness (QED) is 0.424. The lowest BCUT2D eigenvalue weighted by molar-refractivity contribution is -0.119. The van der Waals surface area contributed by atoms with Crippen molar-refractivity contribution in [3.63, 3.8) is 0 Å². The van der Waals surface area contributed by atoms with E-state index in [1.807, 2.05) is 0 Å². The minimum absolute atomic E-state index is 0.121. The van der Waals surface area contributed by atoms with Crippen LogP contribution in [-0.2, 0) is 33.8 Å². The van der Waals surface area contributed by atoms with Crippen LogP contribution in [0.2, 0.25) is 5.02 Å². The lowest BCUT2D eigenvalue weighted by Gasteiger charge is -2.35. The Labute approximate surface area is 218 Å². The van der Waals surface area contributed by atoms with Gasteiger partial charge in [-0.15, -0.1) is 0 Å². The topological polar surface area (TPSA) is 75.7 Å². The Balaban J connectivity index is 1.72. The minimum atomic E-state index is -4.31. The van der Waals surface area contributed by atoms with Crippen LogP contribution >= 0.6 is 11.6 Å². The third kappa shape index (κ3) is 5.86. The highest BCUT2D eigenvalue weighted by molar-refractivity contribution is 7.92. The lowest BCUT2D eigenvalue weighted by Crippen LogP contribution is -2.49. The molecule has 3 aromatic rings. The summed E-state index contributed by atoms with van der Waals surface area (Å²) in [5.74, 6) is -3.86. The zero-order chi connectivity index (χ0) is 27.0. The molecular weight excluding hydrogens is 529 g/mol. The first-order valence-corrected chi connectivity index (χ1v) is 13.1. The first kappa shape index (κ1) is 26.8. The van der Waals surface area contributed by atoms with Crippen molar-refractivity contribution in [2.75, 3.05) is 10.8 Å². The first-order chi connectivity index (χ1) is 17.4. The second-order valence-corrected chi connectivity index (χ2v) is 11.1. The second kappa shape index (κ2) is 10.3. The highest BCUT2D eigenvalue weighted by Crippen LogP contribution is 2.37. The van der Waals surface area contributed by atoms with E-state index >= 15 is 0 Å². The van der Waals surface area contributed by atoms with Crippen LogP contribution < -0.4 is 14.4 Å². The standard InChI is InChI=1S/C26H24ClF3N2O4S/c1-16(33)31-19-11-17-9-10-20(36-15-22-23(27)7-4-8-24(22)28)13-25(17)32(14-19)37(34,35)21-6-3-5-18(12-21)26(2,29)30/h3-10,12-13,19H,11,14-15H2,1-2H3,(H,31,33). The summed E-state index contributed by atoms with van der Waals surface area (Å²) < 4.78 is 76.2. The number of nitrogens with zero attached hydrogens (tertiary/aromatic N) is 1. The number of carbonyl (C=O) groups excluding carboxylic acids is 1. The van der Waals surface area contributed by atoms with Crippen LogP contribution in [-0.4, -0.2) is 26.9 Å². The highest BCUT2D eigenvalue weighted by atomic mass is 35.5. The van der Waals surface area contributed by atoms with Crippen molar-refractivity contribution in [3.8, 4) is 5.75 Å². The van der Waals surface area contributed by atoms with Crippen molar-refractivity contribution >= 4 is 33.2 Å². The van der Waals surface area contributed by atoms with Crippen LogP contribution in [0.5, 0.6) is 5.75 Å². The van der Waals surface area contributed by atoms with Crippen molar-refractivity contribution in [3.05, 3.63) is 88.2 Å². The molecule has 0 bridgehead atoms. The molecule has 0 radical (unpaired) electrons. The fourth-order valence-electron chi connectivity index (χ4n) is 4.16. The van der Waals surface area contributed by atoms with Gasteiger partial charge in [0, 0.05) is 31.0 Å². The number of benzene rings is 3. The van der Waals surface area contributed by atoms with E-state index in [0.717, 1.165) is 16.4 Å². The van der Waals surface area contributed by atoms with Crippen molar-refractivity contribution in [2.24, 2.45) is 0 Å². The van der Waals surface area contributed by atoms with E-state index in [1.165, 1.54) is 43.3 Å². The molecule has 0 saturated carbocycles.